The lowest BCUT2D eigenvalue weighted by molar-refractivity contribution is -0.593. The largest absolute Gasteiger partial charge is 0.396 e. The molecule has 3 N–H and O–H groups in total. The van der Waals surface area contributed by atoms with Gasteiger partial charge < -0.3 is 5.11 Å². The monoisotopic (exact) mass is 252 g/mol. The molecule has 0 aliphatic carbocycles. The van der Waals surface area contributed by atoms with E-state index in [-0.39, 0.29) is 0 Å². The second kappa shape index (κ2) is 5.08. The Hall–Kier alpha value is -0.770. The number of nitrogens with one attached hydrogen (secondary N) is 2. The second-order valence-corrected chi connectivity index (χ2v) is 6.22. The van der Waals surface area contributed by atoms with Crippen LogP contribution in [0.2, 0.25) is 0 Å². The number of guanidine groups is 1. The van der Waals surface area contributed by atoms with Crippen molar-refractivity contribution >= 4 is 5.96 Å². The summed E-state index contributed by atoms with van der Waals surface area (Å²) in [6, 6.07) is 2.73. The third-order valence-electron chi connectivity index (χ3n) is 4.74. The first kappa shape index (κ1) is 12.3. The molecule has 0 amide bonds. The van der Waals surface area contributed by atoms with Gasteiger partial charge in [0.2, 0.25) is 0 Å². The first-order chi connectivity index (χ1) is 8.78. The van der Waals surface area contributed by atoms with Crippen LogP contribution in [-0.4, -0.2) is 46.4 Å². The van der Waals surface area contributed by atoms with E-state index in [0.29, 0.717) is 18.7 Å². The molecule has 0 unspecified atom stereocenters. The Labute approximate surface area is 109 Å². The van der Waals surface area contributed by atoms with Crippen molar-refractivity contribution in [3.05, 3.63) is 0 Å². The fourth-order valence-corrected chi connectivity index (χ4v) is 3.95. The van der Waals surface area contributed by atoms with Crippen molar-refractivity contribution in [3.8, 4) is 0 Å². The summed E-state index contributed by atoms with van der Waals surface area (Å²) < 4.78 is 2.61. The molecule has 4 nitrogen and oxygen atoms in total. The molecule has 0 aromatic carbocycles. The van der Waals surface area contributed by atoms with Gasteiger partial charge >= 0.3 is 5.96 Å². The minimum Gasteiger partial charge on any atom is -0.396 e. The molecule has 3 aliphatic heterocycles. The predicted molar refractivity (Wildman–Crippen MR) is 71.8 cm³/mol. The van der Waals surface area contributed by atoms with Crippen molar-refractivity contribution in [2.75, 3.05) is 6.61 Å². The van der Waals surface area contributed by atoms with Gasteiger partial charge in [0.25, 0.3) is 0 Å². The van der Waals surface area contributed by atoms with E-state index in [9.17, 15) is 0 Å². The summed E-state index contributed by atoms with van der Waals surface area (Å²) in [6.45, 7) is 2.62. The summed E-state index contributed by atoms with van der Waals surface area (Å²) in [5.74, 6) is 1.29. The number of aliphatic hydroxyl groups is 1. The van der Waals surface area contributed by atoms with Gasteiger partial charge in [-0.15, -0.1) is 0 Å². The fourth-order valence-electron chi connectivity index (χ4n) is 3.95. The topological polar surface area (TPSA) is 47.3 Å². The Morgan fingerprint density at radius 1 is 1.17 bits per heavy atom. The van der Waals surface area contributed by atoms with Crippen LogP contribution in [0.3, 0.4) is 0 Å². The van der Waals surface area contributed by atoms with E-state index >= 15 is 0 Å². The highest BCUT2D eigenvalue weighted by Crippen LogP contribution is 2.31. The van der Waals surface area contributed by atoms with Crippen molar-refractivity contribution in [1.82, 2.24) is 10.6 Å². The van der Waals surface area contributed by atoms with Crippen LogP contribution in [0, 0.1) is 0 Å². The zero-order valence-corrected chi connectivity index (χ0v) is 11.4. The molecule has 0 saturated carbocycles. The Morgan fingerprint density at radius 2 is 1.94 bits per heavy atom. The van der Waals surface area contributed by atoms with Crippen LogP contribution in [-0.2, 0) is 0 Å². The van der Waals surface area contributed by atoms with E-state index in [1.807, 2.05) is 0 Å². The maximum absolute atomic E-state index is 8.88. The third-order valence-corrected chi connectivity index (χ3v) is 4.74. The molecule has 3 rings (SSSR count). The highest BCUT2D eigenvalue weighted by atomic mass is 16.2. The molecule has 102 valence electrons. The van der Waals surface area contributed by atoms with Gasteiger partial charge in [-0.25, -0.2) is 0 Å². The summed E-state index contributed by atoms with van der Waals surface area (Å²) in [4.78, 5) is 0. The van der Waals surface area contributed by atoms with Crippen LogP contribution in [0.4, 0.5) is 0 Å². The van der Waals surface area contributed by atoms with E-state index in [4.69, 9.17) is 5.11 Å². The Morgan fingerprint density at radius 3 is 2.72 bits per heavy atom. The Bertz CT molecular complexity index is 342. The highest BCUT2D eigenvalue weighted by molar-refractivity contribution is 5.76. The van der Waals surface area contributed by atoms with Crippen LogP contribution in [0.1, 0.15) is 51.9 Å². The minimum absolute atomic E-state index is 0.330. The molecule has 3 aliphatic rings. The molecule has 0 aromatic rings. The van der Waals surface area contributed by atoms with Crippen LogP contribution in [0.15, 0.2) is 0 Å². The van der Waals surface area contributed by atoms with Gasteiger partial charge in [0.1, 0.15) is 0 Å². The molecule has 3 heterocycles. The number of nitrogens with zero attached hydrogens (tertiary/aromatic N) is 1. The molecular formula is C14H26N3O+. The van der Waals surface area contributed by atoms with E-state index in [1.165, 1.54) is 38.1 Å². The summed E-state index contributed by atoms with van der Waals surface area (Å²) >= 11 is 0. The predicted octanol–water partition coefficient (Wildman–Crippen LogP) is 0.792. The zero-order chi connectivity index (χ0) is 12.5. The van der Waals surface area contributed by atoms with Crippen molar-refractivity contribution in [1.29, 1.82) is 0 Å². The van der Waals surface area contributed by atoms with E-state index in [2.05, 4.69) is 22.1 Å². The number of unbranched alkanes of at least 4 members (excludes halogenated alkanes) is 1. The van der Waals surface area contributed by atoms with Crippen LogP contribution in [0.5, 0.6) is 0 Å². The highest BCUT2D eigenvalue weighted by Gasteiger charge is 2.44. The zero-order valence-electron chi connectivity index (χ0n) is 11.4. The third kappa shape index (κ3) is 2.22. The quantitative estimate of drug-likeness (QED) is 0.512. The lowest BCUT2D eigenvalue weighted by Gasteiger charge is -2.35. The standard InChI is InChI=1S/C14H25N3O/c1-10-8-12-5-6-13-9-11(4-2-3-7-18)16-14(15-10)17(12)13/h10-13,18H,2-9H2,1H3,(H,15,16)/p+1/t10-,11+,12+,13-/m1/s1. The first-order valence-electron chi connectivity index (χ1n) is 7.57. The molecule has 0 spiro atoms. The van der Waals surface area contributed by atoms with Gasteiger partial charge in [0.05, 0.1) is 24.2 Å². The smallest absolute Gasteiger partial charge is 0.346 e. The van der Waals surface area contributed by atoms with E-state index < -0.39 is 0 Å². The molecule has 0 radical (unpaired) electrons. The summed E-state index contributed by atoms with van der Waals surface area (Å²) in [5, 5.41) is 16.2. The summed E-state index contributed by atoms with van der Waals surface area (Å²) in [6.07, 6.45) is 8.56. The van der Waals surface area contributed by atoms with Gasteiger partial charge in [-0.3, -0.25) is 15.2 Å². The molecule has 0 bridgehead atoms. The van der Waals surface area contributed by atoms with Crippen molar-refractivity contribution in [2.24, 2.45) is 0 Å². The van der Waals surface area contributed by atoms with Gasteiger partial charge in [0.15, 0.2) is 0 Å². The molecule has 18 heavy (non-hydrogen) atoms. The average molecular weight is 252 g/mol. The lowest BCUT2D eigenvalue weighted by Crippen LogP contribution is -2.61. The number of aliphatic hydroxyl groups excluding tert-OH is 1. The van der Waals surface area contributed by atoms with Crippen molar-refractivity contribution < 1.29 is 9.68 Å². The normalized spacial score (nSPS) is 38.1. The maximum atomic E-state index is 8.88. The minimum atomic E-state index is 0.330. The van der Waals surface area contributed by atoms with Crippen LogP contribution in [0.25, 0.3) is 0 Å². The van der Waals surface area contributed by atoms with Crippen molar-refractivity contribution in [2.45, 2.75) is 76.0 Å². The maximum Gasteiger partial charge on any atom is 0.346 e. The second-order valence-electron chi connectivity index (χ2n) is 6.22. The Balaban J connectivity index is 1.68. The fraction of sp³-hybridized carbons (Fsp3) is 0.929. The number of hydrogen-bond donors (Lipinski definition) is 3. The SMILES string of the molecule is C[C@@H]1C[C@@H]2CC[C@@H]3C[C@H](CCCCO)NC(=[N+]32)N1. The molecule has 0 aromatic heterocycles. The summed E-state index contributed by atoms with van der Waals surface area (Å²) in [7, 11) is 0. The number of hydrogen-bond acceptors (Lipinski definition) is 3. The van der Waals surface area contributed by atoms with E-state index in [1.54, 1.807) is 0 Å². The van der Waals surface area contributed by atoms with Crippen molar-refractivity contribution in [3.63, 3.8) is 0 Å². The first-order valence-corrected chi connectivity index (χ1v) is 7.57. The molecule has 1 saturated heterocycles. The summed E-state index contributed by atoms with van der Waals surface area (Å²) in [5.41, 5.74) is 0. The molecule has 1 fully saturated rings. The van der Waals surface area contributed by atoms with Gasteiger partial charge in [0, 0.05) is 19.4 Å². The molecule has 4 atom stereocenters. The van der Waals surface area contributed by atoms with Crippen LogP contribution >= 0.6 is 0 Å². The molecule has 4 heteroatoms. The average Bonchev–Trinajstić information content (AvgIpc) is 2.73. The van der Waals surface area contributed by atoms with Gasteiger partial charge in [-0.2, -0.15) is 0 Å². The lowest BCUT2D eigenvalue weighted by atomic mass is 9.99. The Kier molecular flexibility index (Phi) is 3.46. The van der Waals surface area contributed by atoms with Gasteiger partial charge in [-0.05, 0) is 39.0 Å². The van der Waals surface area contributed by atoms with Gasteiger partial charge in [-0.1, -0.05) is 0 Å². The van der Waals surface area contributed by atoms with Crippen LogP contribution < -0.4 is 10.6 Å². The number of rotatable bonds is 4. The molecular weight excluding hydrogens is 226 g/mol. The van der Waals surface area contributed by atoms with E-state index in [0.717, 1.165) is 24.9 Å².